The van der Waals surface area contributed by atoms with Crippen LogP contribution in [0, 0.1) is 19.8 Å². The summed E-state index contributed by atoms with van der Waals surface area (Å²) in [6.07, 6.45) is 12.0. The van der Waals surface area contributed by atoms with Gasteiger partial charge in [-0.05, 0) is 83.1 Å². The molecule has 0 spiro atoms. The van der Waals surface area contributed by atoms with Crippen molar-refractivity contribution in [2.75, 3.05) is 24.5 Å². The Labute approximate surface area is 180 Å². The predicted molar refractivity (Wildman–Crippen MR) is 122 cm³/mol. The van der Waals surface area contributed by atoms with Gasteiger partial charge in [0.25, 0.3) is 0 Å². The second kappa shape index (κ2) is 9.50. The number of pyridine rings is 1. The highest BCUT2D eigenvalue weighted by atomic mass is 16.1. The molecule has 1 saturated heterocycles. The topological polar surface area (TPSA) is 50.2 Å². The van der Waals surface area contributed by atoms with E-state index in [0.29, 0.717) is 0 Å². The summed E-state index contributed by atoms with van der Waals surface area (Å²) in [5.74, 6) is 1.36. The van der Waals surface area contributed by atoms with Gasteiger partial charge < -0.3 is 14.8 Å². The molecular weight excluding hydrogens is 372 g/mol. The molecule has 3 heterocycles. The van der Waals surface area contributed by atoms with Gasteiger partial charge in [0.15, 0.2) is 5.82 Å². The number of allylic oxidation sites excluding steroid dienone is 1. The maximum Gasteiger partial charge on any atom is 0.223 e. The van der Waals surface area contributed by atoms with Gasteiger partial charge in [-0.1, -0.05) is 11.6 Å². The molecule has 5 heteroatoms. The summed E-state index contributed by atoms with van der Waals surface area (Å²) >= 11 is 0. The molecule has 4 rings (SSSR count). The van der Waals surface area contributed by atoms with Crippen molar-refractivity contribution in [3.63, 3.8) is 0 Å². The zero-order valence-corrected chi connectivity index (χ0v) is 18.4. The number of nitrogens with zero attached hydrogens (tertiary/aromatic N) is 3. The van der Waals surface area contributed by atoms with Gasteiger partial charge in [-0.25, -0.2) is 4.98 Å². The van der Waals surface area contributed by atoms with E-state index in [4.69, 9.17) is 4.98 Å². The number of nitrogens with one attached hydrogen (secondary N) is 1. The summed E-state index contributed by atoms with van der Waals surface area (Å²) in [7, 11) is 0. The van der Waals surface area contributed by atoms with Crippen molar-refractivity contribution >= 4 is 11.7 Å². The molecule has 1 fully saturated rings. The molecule has 0 bridgehead atoms. The first-order valence-electron chi connectivity index (χ1n) is 11.4. The van der Waals surface area contributed by atoms with Gasteiger partial charge in [0.05, 0.1) is 5.69 Å². The maximum absolute atomic E-state index is 12.7. The molecule has 160 valence electrons. The number of piperidine rings is 1. The first kappa shape index (κ1) is 20.7. The lowest BCUT2D eigenvalue weighted by Crippen LogP contribution is -2.41. The SMILES string of the molecule is Cc1ccc(C)n1-c1cccnc1N1CCC(C(=O)NCCC2=CCCCC2)CC1. The van der Waals surface area contributed by atoms with Gasteiger partial charge in [0.1, 0.15) is 0 Å². The normalized spacial score (nSPS) is 17.7. The van der Waals surface area contributed by atoms with Gasteiger partial charge in [0, 0.05) is 43.1 Å². The number of amides is 1. The van der Waals surface area contributed by atoms with Gasteiger partial charge in [0.2, 0.25) is 5.91 Å². The van der Waals surface area contributed by atoms with Crippen LogP contribution < -0.4 is 10.2 Å². The van der Waals surface area contributed by atoms with E-state index in [2.05, 4.69) is 52.9 Å². The van der Waals surface area contributed by atoms with Crippen LogP contribution in [0.15, 0.2) is 42.1 Å². The van der Waals surface area contributed by atoms with Crippen LogP contribution in [0.4, 0.5) is 5.82 Å². The fourth-order valence-corrected chi connectivity index (χ4v) is 4.83. The minimum atomic E-state index is 0.115. The molecule has 0 radical (unpaired) electrons. The van der Waals surface area contributed by atoms with Crippen molar-refractivity contribution < 1.29 is 4.79 Å². The lowest BCUT2D eigenvalue weighted by atomic mass is 9.95. The van der Waals surface area contributed by atoms with Crippen molar-refractivity contribution in [1.29, 1.82) is 0 Å². The Bertz CT molecular complexity index is 886. The summed E-state index contributed by atoms with van der Waals surface area (Å²) in [6.45, 7) is 6.77. The van der Waals surface area contributed by atoms with Crippen LogP contribution in [-0.4, -0.2) is 35.1 Å². The van der Waals surface area contributed by atoms with Crippen LogP contribution in [0.25, 0.3) is 5.69 Å². The van der Waals surface area contributed by atoms with Crippen molar-refractivity contribution in [1.82, 2.24) is 14.9 Å². The molecule has 1 N–H and O–H groups in total. The third-order valence-electron chi connectivity index (χ3n) is 6.57. The summed E-state index contributed by atoms with van der Waals surface area (Å²) < 4.78 is 2.26. The third-order valence-corrected chi connectivity index (χ3v) is 6.57. The van der Waals surface area contributed by atoms with E-state index in [1.165, 1.54) is 42.6 Å². The molecule has 1 aliphatic carbocycles. The van der Waals surface area contributed by atoms with E-state index in [9.17, 15) is 4.79 Å². The van der Waals surface area contributed by atoms with E-state index < -0.39 is 0 Å². The summed E-state index contributed by atoms with van der Waals surface area (Å²) in [5, 5.41) is 3.18. The van der Waals surface area contributed by atoms with Crippen molar-refractivity contribution in [2.24, 2.45) is 5.92 Å². The molecule has 30 heavy (non-hydrogen) atoms. The molecular formula is C25H34N4O. The van der Waals surface area contributed by atoms with Gasteiger partial charge in [-0.2, -0.15) is 0 Å². The zero-order chi connectivity index (χ0) is 20.9. The first-order valence-corrected chi connectivity index (χ1v) is 11.4. The third kappa shape index (κ3) is 4.61. The molecule has 0 unspecified atom stereocenters. The van der Waals surface area contributed by atoms with E-state index in [1.807, 2.05) is 12.3 Å². The molecule has 2 aromatic rings. The first-order chi connectivity index (χ1) is 14.6. The fourth-order valence-electron chi connectivity index (χ4n) is 4.83. The molecule has 0 saturated carbocycles. The maximum atomic E-state index is 12.7. The Balaban J connectivity index is 1.34. The quantitative estimate of drug-likeness (QED) is 0.707. The van der Waals surface area contributed by atoms with E-state index in [-0.39, 0.29) is 11.8 Å². The highest BCUT2D eigenvalue weighted by molar-refractivity contribution is 5.79. The average Bonchev–Trinajstić information content (AvgIpc) is 3.12. The highest BCUT2D eigenvalue weighted by Gasteiger charge is 2.27. The predicted octanol–water partition coefficient (Wildman–Crippen LogP) is 4.71. The molecule has 5 nitrogen and oxygen atoms in total. The highest BCUT2D eigenvalue weighted by Crippen LogP contribution is 2.29. The largest absolute Gasteiger partial charge is 0.356 e. The zero-order valence-electron chi connectivity index (χ0n) is 18.4. The summed E-state index contributed by atoms with van der Waals surface area (Å²) in [4.78, 5) is 19.7. The number of rotatable bonds is 6. The molecule has 2 aliphatic rings. The lowest BCUT2D eigenvalue weighted by molar-refractivity contribution is -0.125. The van der Waals surface area contributed by atoms with Crippen LogP contribution in [-0.2, 0) is 4.79 Å². The summed E-state index contributed by atoms with van der Waals surface area (Å²) in [6, 6.07) is 8.43. The van der Waals surface area contributed by atoms with Gasteiger partial charge in [-0.3, -0.25) is 4.79 Å². The van der Waals surface area contributed by atoms with Crippen molar-refractivity contribution in [2.45, 2.75) is 58.8 Å². The van der Waals surface area contributed by atoms with E-state index in [0.717, 1.165) is 50.4 Å². The number of carbonyl (C=O) groups is 1. The molecule has 0 aromatic carbocycles. The lowest BCUT2D eigenvalue weighted by Gasteiger charge is -2.33. The smallest absolute Gasteiger partial charge is 0.223 e. The minimum Gasteiger partial charge on any atom is -0.356 e. The average molecular weight is 407 g/mol. The molecule has 2 aromatic heterocycles. The standard InChI is InChI=1S/C25H34N4O/c1-19-10-11-20(2)29(19)23-9-6-15-26-24(23)28-17-13-22(14-18-28)25(30)27-16-12-21-7-4-3-5-8-21/h6-7,9-11,15,22H,3-5,8,12-14,16-18H2,1-2H3,(H,27,30). The van der Waals surface area contributed by atoms with Gasteiger partial charge >= 0.3 is 0 Å². The summed E-state index contributed by atoms with van der Waals surface area (Å²) in [5.41, 5.74) is 5.07. The molecule has 0 atom stereocenters. The number of anilines is 1. The second-order valence-electron chi connectivity index (χ2n) is 8.71. The van der Waals surface area contributed by atoms with Crippen LogP contribution in [0.2, 0.25) is 0 Å². The van der Waals surface area contributed by atoms with Crippen molar-refractivity contribution in [3.8, 4) is 5.69 Å². The van der Waals surface area contributed by atoms with Crippen LogP contribution >= 0.6 is 0 Å². The van der Waals surface area contributed by atoms with Crippen LogP contribution in [0.3, 0.4) is 0 Å². The Hall–Kier alpha value is -2.56. The Morgan fingerprint density at radius 3 is 2.60 bits per heavy atom. The second-order valence-corrected chi connectivity index (χ2v) is 8.71. The number of hydrogen-bond acceptors (Lipinski definition) is 3. The monoisotopic (exact) mass is 406 g/mol. The van der Waals surface area contributed by atoms with Crippen molar-refractivity contribution in [3.05, 3.63) is 53.5 Å². The Morgan fingerprint density at radius 2 is 1.90 bits per heavy atom. The van der Waals surface area contributed by atoms with E-state index in [1.54, 1.807) is 0 Å². The minimum absolute atomic E-state index is 0.115. The number of aromatic nitrogens is 2. The number of aryl methyl sites for hydroxylation is 2. The van der Waals surface area contributed by atoms with Crippen LogP contribution in [0.5, 0.6) is 0 Å². The van der Waals surface area contributed by atoms with Crippen LogP contribution in [0.1, 0.15) is 56.3 Å². The van der Waals surface area contributed by atoms with Gasteiger partial charge in [-0.15, -0.1) is 0 Å². The van der Waals surface area contributed by atoms with E-state index >= 15 is 0 Å². The number of carbonyl (C=O) groups excluding carboxylic acids is 1. The molecule has 1 aliphatic heterocycles. The number of hydrogen-bond donors (Lipinski definition) is 1. The Kier molecular flexibility index (Phi) is 6.56. The Morgan fingerprint density at radius 1 is 1.13 bits per heavy atom. The fraction of sp³-hybridized carbons (Fsp3) is 0.520. The molecule has 1 amide bonds.